The van der Waals surface area contributed by atoms with Gasteiger partial charge in [-0.05, 0) is 43.4 Å². The van der Waals surface area contributed by atoms with E-state index in [0.29, 0.717) is 24.4 Å². The van der Waals surface area contributed by atoms with Gasteiger partial charge in [0.05, 0.1) is 13.7 Å². The Hall–Kier alpha value is -3.56. The number of carbonyl (C=O) groups excluding carboxylic acids is 1. The molecule has 0 radical (unpaired) electrons. The number of furan rings is 1. The topological polar surface area (TPSA) is 86.1 Å². The molecule has 1 amide bonds. The van der Waals surface area contributed by atoms with Crippen molar-refractivity contribution in [1.29, 1.82) is 0 Å². The second-order valence-electron chi connectivity index (χ2n) is 9.65. The molecule has 2 aliphatic rings. The summed E-state index contributed by atoms with van der Waals surface area (Å²) in [7, 11) is 5.08. The van der Waals surface area contributed by atoms with Crippen molar-refractivity contribution in [3.05, 3.63) is 59.9 Å². The average molecular weight is 505 g/mol. The van der Waals surface area contributed by atoms with E-state index in [-0.39, 0.29) is 5.91 Å². The summed E-state index contributed by atoms with van der Waals surface area (Å²) in [6.45, 7) is 12.5. The van der Waals surface area contributed by atoms with E-state index in [2.05, 4.69) is 38.8 Å². The zero-order valence-corrected chi connectivity index (χ0v) is 22.1. The Morgan fingerprint density at radius 1 is 1.16 bits per heavy atom. The van der Waals surface area contributed by atoms with Gasteiger partial charge in [-0.1, -0.05) is 19.6 Å². The summed E-state index contributed by atoms with van der Waals surface area (Å²) >= 11 is 0. The lowest BCUT2D eigenvalue weighted by Crippen LogP contribution is -2.57. The number of fused-ring (bicyclic) bond motifs is 2. The molecule has 1 fully saturated rings. The minimum absolute atomic E-state index is 0.189. The molecule has 37 heavy (non-hydrogen) atoms. The number of methoxy groups -OCH3 is 1. The van der Waals surface area contributed by atoms with Gasteiger partial charge in [-0.25, -0.2) is 4.98 Å². The molecule has 9 nitrogen and oxygen atoms in total. The molecule has 3 aromatic rings. The first-order valence-corrected chi connectivity index (χ1v) is 12.8. The van der Waals surface area contributed by atoms with Gasteiger partial charge in [0.1, 0.15) is 22.8 Å². The Bertz CT molecular complexity index is 1310. The van der Waals surface area contributed by atoms with Gasteiger partial charge < -0.3 is 29.2 Å². The number of nitrogens with one attached hydrogen (secondary N) is 2. The van der Waals surface area contributed by atoms with Crippen LogP contribution in [0, 0.1) is 0 Å². The molecular formula is C28H36N6O3. The Labute approximate surface area is 218 Å². The van der Waals surface area contributed by atoms with E-state index >= 15 is 0 Å². The number of hydrogen-bond donors (Lipinski definition) is 2. The van der Waals surface area contributed by atoms with Crippen LogP contribution in [-0.2, 0) is 16.9 Å². The summed E-state index contributed by atoms with van der Waals surface area (Å²) in [5.74, 6) is 2.04. The maximum absolute atomic E-state index is 13.4. The first kappa shape index (κ1) is 25.1. The highest BCUT2D eigenvalue weighted by Crippen LogP contribution is 2.38. The van der Waals surface area contributed by atoms with Gasteiger partial charge in [-0.2, -0.15) is 0 Å². The van der Waals surface area contributed by atoms with Crippen LogP contribution in [0.2, 0.25) is 0 Å². The van der Waals surface area contributed by atoms with Gasteiger partial charge in [0.15, 0.2) is 11.1 Å². The van der Waals surface area contributed by atoms with Gasteiger partial charge >= 0.3 is 0 Å². The summed E-state index contributed by atoms with van der Waals surface area (Å²) in [4.78, 5) is 25.2. The molecule has 2 aromatic heterocycles. The Morgan fingerprint density at radius 3 is 2.62 bits per heavy atom. The summed E-state index contributed by atoms with van der Waals surface area (Å²) in [6.07, 6.45) is 0. The molecule has 0 unspecified atom stereocenters. The predicted octanol–water partition coefficient (Wildman–Crippen LogP) is 2.63. The molecule has 0 aliphatic carbocycles. The molecule has 5 rings (SSSR count). The molecular weight excluding hydrogens is 468 g/mol. The minimum atomic E-state index is -1.14. The van der Waals surface area contributed by atoms with E-state index in [1.165, 1.54) is 0 Å². The lowest BCUT2D eigenvalue weighted by molar-refractivity contribution is -0.128. The molecule has 9 heteroatoms. The number of aromatic nitrogens is 1. The highest BCUT2D eigenvalue weighted by Gasteiger charge is 2.45. The van der Waals surface area contributed by atoms with Crippen molar-refractivity contribution in [3.8, 4) is 5.75 Å². The molecule has 0 spiro atoms. The number of rotatable bonds is 8. The van der Waals surface area contributed by atoms with E-state index in [0.717, 1.165) is 66.6 Å². The molecule has 0 saturated carbocycles. The number of amides is 1. The van der Waals surface area contributed by atoms with E-state index < -0.39 is 5.54 Å². The maximum Gasteiger partial charge on any atom is 0.249 e. The number of ether oxygens (including phenoxy) is 1. The number of hydrogen-bond acceptors (Lipinski definition) is 8. The van der Waals surface area contributed by atoms with E-state index in [1.807, 2.05) is 36.4 Å². The molecule has 0 bridgehead atoms. The van der Waals surface area contributed by atoms with Crippen molar-refractivity contribution in [1.82, 2.24) is 25.4 Å². The zero-order chi connectivity index (χ0) is 26.2. The summed E-state index contributed by atoms with van der Waals surface area (Å²) < 4.78 is 11.7. The first-order chi connectivity index (χ1) is 17.9. The number of pyridine rings is 1. The predicted molar refractivity (Wildman–Crippen MR) is 146 cm³/mol. The Balaban J connectivity index is 1.45. The highest BCUT2D eigenvalue weighted by atomic mass is 16.5. The third-order valence-electron chi connectivity index (χ3n) is 7.76. The van der Waals surface area contributed by atoms with E-state index in [9.17, 15) is 4.79 Å². The van der Waals surface area contributed by atoms with Crippen LogP contribution in [0.5, 0.6) is 5.75 Å². The van der Waals surface area contributed by atoms with Crippen LogP contribution in [0.4, 0.5) is 5.82 Å². The van der Waals surface area contributed by atoms with E-state index in [4.69, 9.17) is 14.1 Å². The molecule has 1 atom stereocenters. The SMILES string of the molecule is C=C1c2cc(OC)ccc2CN1C[C@@](NC)(C(=O)NC)c1cc2nc(N3CCN(CC)CC3)ccc2o1. The van der Waals surface area contributed by atoms with Crippen LogP contribution in [-0.4, -0.2) is 81.2 Å². The van der Waals surface area contributed by atoms with Crippen LogP contribution in [0.1, 0.15) is 23.8 Å². The van der Waals surface area contributed by atoms with Crippen LogP contribution >= 0.6 is 0 Å². The normalized spacial score (nSPS) is 17.7. The van der Waals surface area contributed by atoms with Gasteiger partial charge in [-0.15, -0.1) is 0 Å². The van der Waals surface area contributed by atoms with Gasteiger partial charge in [-0.3, -0.25) is 10.1 Å². The fourth-order valence-corrected chi connectivity index (χ4v) is 5.38. The lowest BCUT2D eigenvalue weighted by Gasteiger charge is -2.34. The summed E-state index contributed by atoms with van der Waals surface area (Å²) in [5, 5.41) is 6.10. The van der Waals surface area contributed by atoms with Crippen LogP contribution in [0.15, 0.2) is 47.4 Å². The van der Waals surface area contributed by atoms with Gasteiger partial charge in [0.2, 0.25) is 5.91 Å². The molecule has 1 aromatic carbocycles. The number of piperazine rings is 1. The van der Waals surface area contributed by atoms with Crippen molar-refractivity contribution in [2.75, 3.05) is 65.4 Å². The Kier molecular flexibility index (Phi) is 6.83. The third kappa shape index (κ3) is 4.42. The van der Waals surface area contributed by atoms with Crippen LogP contribution < -0.4 is 20.3 Å². The average Bonchev–Trinajstić information content (AvgIpc) is 3.51. The minimum Gasteiger partial charge on any atom is -0.497 e. The van der Waals surface area contributed by atoms with Gasteiger partial charge in [0.25, 0.3) is 0 Å². The van der Waals surface area contributed by atoms with Gasteiger partial charge in [0, 0.05) is 57.1 Å². The fourth-order valence-electron chi connectivity index (χ4n) is 5.38. The Morgan fingerprint density at radius 2 is 1.95 bits per heavy atom. The summed E-state index contributed by atoms with van der Waals surface area (Å²) in [6, 6.07) is 11.8. The largest absolute Gasteiger partial charge is 0.497 e. The number of likely N-dealkylation sites (N-methyl/N-ethyl adjacent to an activating group) is 3. The molecule has 4 heterocycles. The monoisotopic (exact) mass is 504 g/mol. The first-order valence-electron chi connectivity index (χ1n) is 12.8. The maximum atomic E-state index is 13.4. The fraction of sp³-hybridized carbons (Fsp3) is 0.429. The van der Waals surface area contributed by atoms with Crippen LogP contribution in [0.3, 0.4) is 0 Å². The van der Waals surface area contributed by atoms with E-state index in [1.54, 1.807) is 21.2 Å². The number of carbonyl (C=O) groups is 1. The van der Waals surface area contributed by atoms with Crippen LogP contribution in [0.25, 0.3) is 16.8 Å². The second-order valence-corrected chi connectivity index (χ2v) is 9.65. The smallest absolute Gasteiger partial charge is 0.249 e. The summed E-state index contributed by atoms with van der Waals surface area (Å²) in [5.41, 5.74) is 3.27. The zero-order valence-electron chi connectivity index (χ0n) is 22.1. The molecule has 1 saturated heterocycles. The number of nitrogens with zero attached hydrogens (tertiary/aromatic N) is 4. The van der Waals surface area contributed by atoms with Crippen molar-refractivity contribution >= 4 is 28.5 Å². The molecule has 196 valence electrons. The number of anilines is 1. The van der Waals surface area contributed by atoms with Crippen molar-refractivity contribution in [2.45, 2.75) is 19.0 Å². The molecule has 2 aliphatic heterocycles. The second kappa shape index (κ2) is 10.1. The number of benzene rings is 1. The van der Waals surface area contributed by atoms with Crippen molar-refractivity contribution < 1.29 is 13.9 Å². The van der Waals surface area contributed by atoms with Crippen molar-refractivity contribution in [2.24, 2.45) is 0 Å². The quantitative estimate of drug-likeness (QED) is 0.484. The lowest BCUT2D eigenvalue weighted by atomic mass is 9.94. The standard InChI is InChI=1S/C28H36N6O3/c1-6-32-11-13-33(14-12-32)26-10-9-24-23(31-26)16-25(37-24)28(30-4,27(35)29-3)18-34-17-20-7-8-21(36-5)15-22(20)19(34)2/h7-10,15-16,30H,2,6,11-14,17-18H2,1,3-5H3,(H,29,35)/t28-/m0/s1. The van der Waals surface area contributed by atoms with Crippen molar-refractivity contribution in [3.63, 3.8) is 0 Å². The molecule has 2 N–H and O–H groups in total. The third-order valence-corrected chi connectivity index (χ3v) is 7.76. The highest BCUT2D eigenvalue weighted by molar-refractivity contribution is 5.89.